The van der Waals surface area contributed by atoms with E-state index in [1.807, 2.05) is 0 Å². The standard InChI is InChI=1S/C16H13F3N2O2/c1-21-8-20-14-6-9(2-3-13(14)15(21)22)10-4-11(17)7-12(5-10)23-16(18)19/h2-7,16,20H,8H2,1H3. The van der Waals surface area contributed by atoms with Crippen molar-refractivity contribution in [3.8, 4) is 16.9 Å². The van der Waals surface area contributed by atoms with Gasteiger partial charge in [-0.3, -0.25) is 4.79 Å². The predicted octanol–water partition coefficient (Wildman–Crippen LogP) is 3.55. The molecule has 0 atom stereocenters. The number of hydrogen-bond acceptors (Lipinski definition) is 3. The van der Waals surface area contributed by atoms with Gasteiger partial charge in [-0.05, 0) is 35.4 Å². The van der Waals surface area contributed by atoms with Gasteiger partial charge in [-0.25, -0.2) is 4.39 Å². The van der Waals surface area contributed by atoms with Crippen LogP contribution >= 0.6 is 0 Å². The molecule has 0 radical (unpaired) electrons. The number of alkyl halides is 2. The molecular formula is C16H13F3N2O2. The van der Waals surface area contributed by atoms with E-state index in [-0.39, 0.29) is 11.7 Å². The fraction of sp³-hybridized carbons (Fsp3) is 0.188. The fourth-order valence-corrected chi connectivity index (χ4v) is 2.44. The summed E-state index contributed by atoms with van der Waals surface area (Å²) in [5.74, 6) is -1.05. The Morgan fingerprint density at radius 1 is 1.17 bits per heavy atom. The fourth-order valence-electron chi connectivity index (χ4n) is 2.44. The zero-order valence-corrected chi connectivity index (χ0v) is 12.1. The van der Waals surface area contributed by atoms with Crippen LogP contribution in [0, 0.1) is 5.82 Å². The Morgan fingerprint density at radius 2 is 1.96 bits per heavy atom. The normalized spacial score (nSPS) is 13.8. The second-order valence-corrected chi connectivity index (χ2v) is 5.15. The van der Waals surface area contributed by atoms with Crippen molar-refractivity contribution in [2.24, 2.45) is 0 Å². The number of fused-ring (bicyclic) bond motifs is 1. The molecule has 0 fully saturated rings. The first-order valence-corrected chi connectivity index (χ1v) is 6.83. The van der Waals surface area contributed by atoms with E-state index in [0.717, 1.165) is 6.07 Å². The summed E-state index contributed by atoms with van der Waals surface area (Å²) in [4.78, 5) is 13.5. The van der Waals surface area contributed by atoms with Gasteiger partial charge < -0.3 is 15.0 Å². The molecule has 0 saturated heterocycles. The van der Waals surface area contributed by atoms with Crippen molar-refractivity contribution in [1.29, 1.82) is 0 Å². The predicted molar refractivity (Wildman–Crippen MR) is 79.1 cm³/mol. The van der Waals surface area contributed by atoms with E-state index in [0.29, 0.717) is 29.0 Å². The summed E-state index contributed by atoms with van der Waals surface area (Å²) >= 11 is 0. The largest absolute Gasteiger partial charge is 0.435 e. The number of nitrogens with zero attached hydrogens (tertiary/aromatic N) is 1. The lowest BCUT2D eigenvalue weighted by Crippen LogP contribution is -2.36. The molecule has 0 saturated carbocycles. The average Bonchev–Trinajstić information content (AvgIpc) is 2.49. The second-order valence-electron chi connectivity index (χ2n) is 5.15. The lowest BCUT2D eigenvalue weighted by atomic mass is 10.0. The number of amides is 1. The van der Waals surface area contributed by atoms with Crippen LogP contribution < -0.4 is 10.1 Å². The Bertz CT molecular complexity index is 765. The molecule has 0 aliphatic carbocycles. The number of anilines is 1. The van der Waals surface area contributed by atoms with Crippen LogP contribution in [0.2, 0.25) is 0 Å². The highest BCUT2D eigenvalue weighted by molar-refractivity contribution is 6.02. The number of halogens is 3. The van der Waals surface area contributed by atoms with Gasteiger partial charge in [-0.1, -0.05) is 6.07 Å². The SMILES string of the molecule is CN1CNc2cc(-c3cc(F)cc(OC(F)F)c3)ccc2C1=O. The van der Waals surface area contributed by atoms with Gasteiger partial charge in [0.15, 0.2) is 0 Å². The van der Waals surface area contributed by atoms with E-state index in [2.05, 4.69) is 10.1 Å². The summed E-state index contributed by atoms with van der Waals surface area (Å²) in [6.45, 7) is -2.67. The first-order valence-electron chi connectivity index (χ1n) is 6.83. The molecule has 0 aromatic heterocycles. The molecule has 7 heteroatoms. The van der Waals surface area contributed by atoms with Gasteiger partial charge in [0, 0.05) is 18.8 Å². The van der Waals surface area contributed by atoms with Gasteiger partial charge in [0.1, 0.15) is 11.6 Å². The Kier molecular flexibility index (Phi) is 3.85. The highest BCUT2D eigenvalue weighted by atomic mass is 19.3. The molecule has 3 rings (SSSR count). The maximum Gasteiger partial charge on any atom is 0.387 e. The molecule has 2 aromatic carbocycles. The van der Waals surface area contributed by atoms with Crippen molar-refractivity contribution in [1.82, 2.24) is 4.90 Å². The van der Waals surface area contributed by atoms with Crippen molar-refractivity contribution in [2.45, 2.75) is 6.61 Å². The van der Waals surface area contributed by atoms with Gasteiger partial charge in [0.05, 0.1) is 12.2 Å². The highest BCUT2D eigenvalue weighted by Crippen LogP contribution is 2.31. The third-order valence-electron chi connectivity index (χ3n) is 3.53. The lowest BCUT2D eigenvalue weighted by Gasteiger charge is -2.26. The van der Waals surface area contributed by atoms with Crippen LogP contribution in [-0.4, -0.2) is 31.1 Å². The van der Waals surface area contributed by atoms with Crippen LogP contribution in [0.25, 0.3) is 11.1 Å². The molecule has 120 valence electrons. The van der Waals surface area contributed by atoms with Gasteiger partial charge in [0.2, 0.25) is 0 Å². The summed E-state index contributed by atoms with van der Waals surface area (Å²) < 4.78 is 42.5. The topological polar surface area (TPSA) is 41.6 Å². The zero-order valence-electron chi connectivity index (χ0n) is 12.1. The van der Waals surface area contributed by atoms with Crippen molar-refractivity contribution in [3.05, 3.63) is 47.8 Å². The minimum absolute atomic E-state index is 0.119. The van der Waals surface area contributed by atoms with E-state index in [1.165, 1.54) is 17.0 Å². The molecule has 0 unspecified atom stereocenters. The number of ether oxygens (including phenoxy) is 1. The van der Waals surface area contributed by atoms with Crippen LogP contribution in [0.5, 0.6) is 5.75 Å². The first-order chi connectivity index (χ1) is 10.9. The molecule has 1 amide bonds. The average molecular weight is 322 g/mol. The molecule has 1 aliphatic rings. The number of rotatable bonds is 3. The van der Waals surface area contributed by atoms with E-state index in [9.17, 15) is 18.0 Å². The Morgan fingerprint density at radius 3 is 2.70 bits per heavy atom. The maximum atomic E-state index is 13.6. The van der Waals surface area contributed by atoms with Crippen LogP contribution in [-0.2, 0) is 0 Å². The van der Waals surface area contributed by atoms with Gasteiger partial charge >= 0.3 is 6.61 Å². The van der Waals surface area contributed by atoms with E-state index >= 15 is 0 Å². The number of nitrogens with one attached hydrogen (secondary N) is 1. The van der Waals surface area contributed by atoms with Crippen LogP contribution in [0.1, 0.15) is 10.4 Å². The van der Waals surface area contributed by atoms with Crippen LogP contribution in [0.3, 0.4) is 0 Å². The third kappa shape index (κ3) is 3.08. The molecule has 1 heterocycles. The molecule has 1 N–H and O–H groups in total. The molecule has 4 nitrogen and oxygen atoms in total. The van der Waals surface area contributed by atoms with Crippen molar-refractivity contribution in [3.63, 3.8) is 0 Å². The van der Waals surface area contributed by atoms with Crippen molar-refractivity contribution < 1.29 is 22.7 Å². The van der Waals surface area contributed by atoms with Crippen molar-refractivity contribution in [2.75, 3.05) is 19.0 Å². The summed E-state index contributed by atoms with van der Waals surface area (Å²) in [5.41, 5.74) is 2.10. The van der Waals surface area contributed by atoms with Crippen molar-refractivity contribution >= 4 is 11.6 Å². The summed E-state index contributed by atoms with van der Waals surface area (Å²) in [6, 6.07) is 8.38. The number of hydrogen-bond donors (Lipinski definition) is 1. The monoisotopic (exact) mass is 322 g/mol. The lowest BCUT2D eigenvalue weighted by molar-refractivity contribution is -0.0499. The molecule has 23 heavy (non-hydrogen) atoms. The van der Waals surface area contributed by atoms with Gasteiger partial charge in [-0.2, -0.15) is 8.78 Å². The van der Waals surface area contributed by atoms with Crippen LogP contribution in [0.15, 0.2) is 36.4 Å². The number of benzene rings is 2. The Hall–Kier alpha value is -2.70. The van der Waals surface area contributed by atoms with Crippen LogP contribution in [0.4, 0.5) is 18.9 Å². The van der Waals surface area contributed by atoms with Gasteiger partial charge in [-0.15, -0.1) is 0 Å². The maximum absolute atomic E-state index is 13.6. The summed E-state index contributed by atoms with van der Waals surface area (Å²) in [5, 5.41) is 3.07. The smallest absolute Gasteiger partial charge is 0.387 e. The van der Waals surface area contributed by atoms with E-state index in [1.54, 1.807) is 25.2 Å². The molecule has 1 aliphatic heterocycles. The molecule has 0 spiro atoms. The quantitative estimate of drug-likeness (QED) is 0.939. The zero-order chi connectivity index (χ0) is 16.6. The van der Waals surface area contributed by atoms with E-state index < -0.39 is 12.4 Å². The van der Waals surface area contributed by atoms with Gasteiger partial charge in [0.25, 0.3) is 5.91 Å². The van der Waals surface area contributed by atoms with E-state index in [4.69, 9.17) is 0 Å². The summed E-state index contributed by atoms with van der Waals surface area (Å²) in [6.07, 6.45) is 0. The number of carbonyl (C=O) groups excluding carboxylic acids is 1. The molecule has 2 aromatic rings. The highest BCUT2D eigenvalue weighted by Gasteiger charge is 2.21. The molecular weight excluding hydrogens is 309 g/mol. The third-order valence-corrected chi connectivity index (χ3v) is 3.53. The number of carbonyl (C=O) groups is 1. The summed E-state index contributed by atoms with van der Waals surface area (Å²) in [7, 11) is 1.67. The minimum atomic E-state index is -3.02. The minimum Gasteiger partial charge on any atom is -0.435 e. The molecule has 0 bridgehead atoms. The second kappa shape index (κ2) is 5.83. The first kappa shape index (κ1) is 15.2. The Labute approximate surface area is 130 Å². The Balaban J connectivity index is 1.99.